The molecule has 1 saturated carbocycles. The lowest BCUT2D eigenvalue weighted by Crippen LogP contribution is -2.23. The van der Waals surface area contributed by atoms with Crippen LogP contribution in [0.15, 0.2) is 29.0 Å². The fourth-order valence-electron chi connectivity index (χ4n) is 2.63. The zero-order valence-corrected chi connectivity index (χ0v) is 10.3. The summed E-state index contributed by atoms with van der Waals surface area (Å²) in [4.78, 5) is 4.36. The Hall–Kier alpha value is -1.55. The summed E-state index contributed by atoms with van der Waals surface area (Å²) in [5.74, 6) is 1.53. The van der Waals surface area contributed by atoms with Crippen LogP contribution in [0.3, 0.4) is 0 Å². The van der Waals surface area contributed by atoms with E-state index in [1.807, 2.05) is 12.1 Å². The van der Waals surface area contributed by atoms with Crippen molar-refractivity contribution in [3.63, 3.8) is 0 Å². The van der Waals surface area contributed by atoms with Gasteiger partial charge >= 0.3 is 0 Å². The van der Waals surface area contributed by atoms with Crippen LogP contribution in [0.4, 0.5) is 5.82 Å². The van der Waals surface area contributed by atoms with Crippen molar-refractivity contribution in [2.45, 2.75) is 31.8 Å². The van der Waals surface area contributed by atoms with E-state index in [0.717, 1.165) is 49.0 Å². The zero-order valence-electron chi connectivity index (χ0n) is 10.3. The van der Waals surface area contributed by atoms with Crippen LogP contribution in [0.25, 0.3) is 11.0 Å². The molecule has 4 heteroatoms. The van der Waals surface area contributed by atoms with Crippen molar-refractivity contribution in [3.8, 4) is 0 Å². The minimum Gasteiger partial charge on any atom is -0.464 e. The lowest BCUT2D eigenvalue weighted by atomic mass is 9.87. The fraction of sp³-hybridized carbons (Fsp3) is 0.500. The largest absolute Gasteiger partial charge is 0.464 e. The average molecular weight is 246 g/mol. The highest BCUT2D eigenvalue weighted by molar-refractivity contribution is 5.87. The molecule has 96 valence electrons. The summed E-state index contributed by atoms with van der Waals surface area (Å²) in [5.41, 5.74) is 0.867. The maximum Gasteiger partial charge on any atom is 0.139 e. The summed E-state index contributed by atoms with van der Waals surface area (Å²) in [5, 5.41) is 13.9. The van der Waals surface area contributed by atoms with Crippen LogP contribution < -0.4 is 5.32 Å². The van der Waals surface area contributed by atoms with Gasteiger partial charge in [0, 0.05) is 12.7 Å². The molecule has 1 fully saturated rings. The summed E-state index contributed by atoms with van der Waals surface area (Å²) in [6, 6.07) is 3.81. The molecule has 0 radical (unpaired) electrons. The zero-order chi connectivity index (χ0) is 12.4. The SMILES string of the molecule is OC1CCC(CNc2nccc3occc23)CC1. The summed E-state index contributed by atoms with van der Waals surface area (Å²) in [7, 11) is 0. The first kappa shape index (κ1) is 11.5. The molecule has 0 unspecified atom stereocenters. The molecule has 4 nitrogen and oxygen atoms in total. The lowest BCUT2D eigenvalue weighted by Gasteiger charge is -2.25. The number of hydrogen-bond acceptors (Lipinski definition) is 4. The molecule has 1 aliphatic carbocycles. The van der Waals surface area contributed by atoms with E-state index >= 15 is 0 Å². The molecule has 0 spiro atoms. The van der Waals surface area contributed by atoms with Gasteiger partial charge in [0.1, 0.15) is 11.4 Å². The van der Waals surface area contributed by atoms with E-state index in [0.29, 0.717) is 5.92 Å². The minimum absolute atomic E-state index is 0.0864. The molecule has 0 aromatic carbocycles. The molecule has 18 heavy (non-hydrogen) atoms. The fourth-order valence-corrected chi connectivity index (χ4v) is 2.63. The molecule has 2 aromatic heterocycles. The van der Waals surface area contributed by atoms with Gasteiger partial charge in [0.15, 0.2) is 0 Å². The molecular weight excluding hydrogens is 228 g/mol. The van der Waals surface area contributed by atoms with Gasteiger partial charge in [-0.15, -0.1) is 0 Å². The van der Waals surface area contributed by atoms with E-state index < -0.39 is 0 Å². The third-order valence-electron chi connectivity index (χ3n) is 3.75. The number of nitrogens with zero attached hydrogens (tertiary/aromatic N) is 1. The second kappa shape index (κ2) is 4.98. The Morgan fingerprint density at radius 1 is 1.28 bits per heavy atom. The summed E-state index contributed by atoms with van der Waals surface area (Å²) >= 11 is 0. The molecule has 0 atom stereocenters. The first-order valence-electron chi connectivity index (χ1n) is 6.57. The molecule has 0 bridgehead atoms. The molecule has 3 rings (SSSR count). The van der Waals surface area contributed by atoms with Crippen LogP contribution in [-0.2, 0) is 0 Å². The number of anilines is 1. The van der Waals surface area contributed by atoms with Gasteiger partial charge in [0.25, 0.3) is 0 Å². The highest BCUT2D eigenvalue weighted by atomic mass is 16.3. The molecule has 0 aliphatic heterocycles. The number of aromatic nitrogens is 1. The number of pyridine rings is 1. The Morgan fingerprint density at radius 2 is 2.11 bits per heavy atom. The Bertz CT molecular complexity index is 515. The van der Waals surface area contributed by atoms with Crippen LogP contribution in [0.2, 0.25) is 0 Å². The van der Waals surface area contributed by atoms with Gasteiger partial charge in [-0.25, -0.2) is 4.98 Å². The van der Waals surface area contributed by atoms with Crippen molar-refractivity contribution in [1.29, 1.82) is 0 Å². The van der Waals surface area contributed by atoms with Crippen LogP contribution in [0.5, 0.6) is 0 Å². The van der Waals surface area contributed by atoms with Gasteiger partial charge in [0.05, 0.1) is 17.8 Å². The van der Waals surface area contributed by atoms with Crippen LogP contribution in [-0.4, -0.2) is 22.7 Å². The summed E-state index contributed by atoms with van der Waals surface area (Å²) in [6.07, 6.45) is 7.40. The molecule has 2 aromatic rings. The number of hydrogen-bond donors (Lipinski definition) is 2. The molecule has 0 saturated heterocycles. The number of aliphatic hydroxyl groups is 1. The van der Waals surface area contributed by atoms with E-state index in [2.05, 4.69) is 10.3 Å². The van der Waals surface area contributed by atoms with E-state index in [1.165, 1.54) is 0 Å². The highest BCUT2D eigenvalue weighted by Gasteiger charge is 2.19. The third kappa shape index (κ3) is 2.34. The molecule has 2 N–H and O–H groups in total. The quantitative estimate of drug-likeness (QED) is 0.874. The van der Waals surface area contributed by atoms with Crippen molar-refractivity contribution < 1.29 is 9.52 Å². The Morgan fingerprint density at radius 3 is 2.94 bits per heavy atom. The van der Waals surface area contributed by atoms with Gasteiger partial charge in [-0.05, 0) is 43.7 Å². The number of rotatable bonds is 3. The van der Waals surface area contributed by atoms with Crippen molar-refractivity contribution in [2.24, 2.45) is 5.92 Å². The average Bonchev–Trinajstić information content (AvgIpc) is 2.87. The third-order valence-corrected chi connectivity index (χ3v) is 3.75. The normalized spacial score (nSPS) is 24.3. The smallest absolute Gasteiger partial charge is 0.139 e. The summed E-state index contributed by atoms with van der Waals surface area (Å²) < 4.78 is 5.35. The predicted molar refractivity (Wildman–Crippen MR) is 70.5 cm³/mol. The van der Waals surface area contributed by atoms with Crippen molar-refractivity contribution in [2.75, 3.05) is 11.9 Å². The maximum absolute atomic E-state index is 9.48. The van der Waals surface area contributed by atoms with Gasteiger partial charge in [-0.1, -0.05) is 0 Å². The highest BCUT2D eigenvalue weighted by Crippen LogP contribution is 2.26. The van der Waals surface area contributed by atoms with Crippen molar-refractivity contribution in [3.05, 3.63) is 24.6 Å². The molecule has 2 heterocycles. The van der Waals surface area contributed by atoms with E-state index in [9.17, 15) is 5.11 Å². The number of fused-ring (bicyclic) bond motifs is 1. The monoisotopic (exact) mass is 246 g/mol. The van der Waals surface area contributed by atoms with Crippen LogP contribution >= 0.6 is 0 Å². The molecule has 0 amide bonds. The first-order valence-corrected chi connectivity index (χ1v) is 6.57. The summed E-state index contributed by atoms with van der Waals surface area (Å²) in [6.45, 7) is 0.921. The van der Waals surface area contributed by atoms with Gasteiger partial charge in [-0.3, -0.25) is 0 Å². The van der Waals surface area contributed by atoms with E-state index in [1.54, 1.807) is 12.5 Å². The van der Waals surface area contributed by atoms with Crippen LogP contribution in [0, 0.1) is 5.92 Å². The first-order chi connectivity index (χ1) is 8.83. The van der Waals surface area contributed by atoms with Gasteiger partial charge < -0.3 is 14.8 Å². The standard InChI is InChI=1S/C14H18N2O2/c17-11-3-1-10(2-4-11)9-16-14-12-6-8-18-13(12)5-7-15-14/h5-8,10-11,17H,1-4,9H2,(H,15,16). The Labute approximate surface area is 106 Å². The molecule has 1 aliphatic rings. The topological polar surface area (TPSA) is 58.3 Å². The minimum atomic E-state index is -0.0864. The molecular formula is C14H18N2O2. The van der Waals surface area contributed by atoms with E-state index in [-0.39, 0.29) is 6.10 Å². The van der Waals surface area contributed by atoms with Gasteiger partial charge in [0.2, 0.25) is 0 Å². The maximum atomic E-state index is 9.48. The predicted octanol–water partition coefficient (Wildman–Crippen LogP) is 2.79. The second-order valence-corrected chi connectivity index (χ2v) is 5.05. The van der Waals surface area contributed by atoms with Crippen molar-refractivity contribution >= 4 is 16.8 Å². The van der Waals surface area contributed by atoms with Crippen molar-refractivity contribution in [1.82, 2.24) is 4.98 Å². The van der Waals surface area contributed by atoms with Gasteiger partial charge in [-0.2, -0.15) is 0 Å². The lowest BCUT2D eigenvalue weighted by molar-refractivity contribution is 0.111. The number of furan rings is 1. The number of nitrogens with one attached hydrogen (secondary N) is 1. The number of aliphatic hydroxyl groups excluding tert-OH is 1. The second-order valence-electron chi connectivity index (χ2n) is 5.05. The van der Waals surface area contributed by atoms with Crippen LogP contribution in [0.1, 0.15) is 25.7 Å². The Kier molecular flexibility index (Phi) is 3.19. The Balaban J connectivity index is 1.64. The van der Waals surface area contributed by atoms with E-state index in [4.69, 9.17) is 4.42 Å².